The molecule has 0 aliphatic heterocycles. The number of thiazole rings is 1. The number of nitrogens with one attached hydrogen (secondary N) is 1. The fourth-order valence-electron chi connectivity index (χ4n) is 2.52. The summed E-state index contributed by atoms with van der Waals surface area (Å²) < 4.78 is 14.5. The van der Waals surface area contributed by atoms with E-state index in [-0.39, 0.29) is 5.82 Å². The number of aryl methyl sites for hydroxylation is 2. The zero-order chi connectivity index (χ0) is 17.4. The smallest absolute Gasteiger partial charge is 0.159 e. The van der Waals surface area contributed by atoms with Crippen LogP contribution in [0.4, 0.5) is 16.0 Å². The van der Waals surface area contributed by atoms with E-state index >= 15 is 0 Å². The van der Waals surface area contributed by atoms with Gasteiger partial charge in [0.2, 0.25) is 0 Å². The van der Waals surface area contributed by atoms with E-state index in [9.17, 15) is 4.39 Å². The lowest BCUT2D eigenvalue weighted by Gasteiger charge is -2.08. The van der Waals surface area contributed by atoms with Gasteiger partial charge in [0.15, 0.2) is 5.82 Å². The highest BCUT2D eigenvalue weighted by atomic mass is 32.1. The molecule has 6 nitrogen and oxygen atoms in total. The van der Waals surface area contributed by atoms with Gasteiger partial charge >= 0.3 is 0 Å². The number of aromatic nitrogens is 5. The van der Waals surface area contributed by atoms with Crippen LogP contribution in [-0.4, -0.2) is 24.9 Å². The second-order valence-corrected chi connectivity index (χ2v) is 6.64. The molecule has 0 unspecified atom stereocenters. The van der Waals surface area contributed by atoms with E-state index in [1.165, 1.54) is 23.6 Å². The Kier molecular flexibility index (Phi) is 3.81. The summed E-state index contributed by atoms with van der Waals surface area (Å²) in [7, 11) is 0. The molecule has 4 aromatic heterocycles. The van der Waals surface area contributed by atoms with Gasteiger partial charge in [0, 0.05) is 29.7 Å². The summed E-state index contributed by atoms with van der Waals surface area (Å²) in [6, 6.07) is 3.21. The maximum atomic E-state index is 13.5. The molecule has 0 bridgehead atoms. The van der Waals surface area contributed by atoms with Crippen LogP contribution in [0.25, 0.3) is 21.3 Å². The molecule has 4 rings (SSSR count). The number of hydrogen-bond donors (Lipinski definition) is 1. The number of pyridine rings is 2. The first-order valence-electron chi connectivity index (χ1n) is 7.54. The van der Waals surface area contributed by atoms with Crippen molar-refractivity contribution in [2.45, 2.75) is 13.8 Å². The van der Waals surface area contributed by atoms with Crippen molar-refractivity contribution in [1.82, 2.24) is 24.9 Å². The normalized spacial score (nSPS) is 11.0. The molecule has 25 heavy (non-hydrogen) atoms. The second kappa shape index (κ2) is 6.14. The van der Waals surface area contributed by atoms with Crippen LogP contribution >= 0.6 is 11.3 Å². The third-order valence-electron chi connectivity index (χ3n) is 3.56. The Bertz CT molecular complexity index is 1080. The van der Waals surface area contributed by atoms with Gasteiger partial charge in [-0.15, -0.1) is 11.3 Å². The summed E-state index contributed by atoms with van der Waals surface area (Å²) in [6.45, 7) is 3.75. The minimum Gasteiger partial charge on any atom is -0.323 e. The lowest BCUT2D eigenvalue weighted by Crippen LogP contribution is -1.99. The van der Waals surface area contributed by atoms with E-state index in [2.05, 4.69) is 30.2 Å². The fourth-order valence-corrected chi connectivity index (χ4v) is 3.47. The molecule has 0 aliphatic carbocycles. The molecule has 4 heterocycles. The Morgan fingerprint density at radius 2 is 1.96 bits per heavy atom. The van der Waals surface area contributed by atoms with Gasteiger partial charge in [-0.1, -0.05) is 0 Å². The number of nitrogens with zero attached hydrogens (tertiary/aromatic N) is 5. The summed E-state index contributed by atoms with van der Waals surface area (Å²) in [6.07, 6.45) is 6.18. The predicted molar refractivity (Wildman–Crippen MR) is 95.4 cm³/mol. The van der Waals surface area contributed by atoms with Gasteiger partial charge < -0.3 is 5.32 Å². The molecular formula is C17H13FN6S. The number of rotatable bonds is 3. The standard InChI is InChI=1S/C17H13FN6S/c1-9-20-4-3-14(22-9)24-17-15-16(25-10(2)23-15)13(8-21-17)11-5-12(18)7-19-6-11/h3-8H,1-2H3,(H,20,21,22,24). The van der Waals surface area contributed by atoms with Crippen molar-refractivity contribution in [2.75, 3.05) is 5.32 Å². The molecule has 0 aliphatic rings. The van der Waals surface area contributed by atoms with Gasteiger partial charge in [-0.2, -0.15) is 0 Å². The van der Waals surface area contributed by atoms with Gasteiger partial charge in [0.05, 0.1) is 15.9 Å². The third kappa shape index (κ3) is 3.03. The quantitative estimate of drug-likeness (QED) is 0.599. The van der Waals surface area contributed by atoms with Crippen molar-refractivity contribution in [3.05, 3.63) is 53.6 Å². The molecule has 0 amide bonds. The first-order valence-corrected chi connectivity index (χ1v) is 8.35. The van der Waals surface area contributed by atoms with Gasteiger partial charge in [-0.3, -0.25) is 4.98 Å². The van der Waals surface area contributed by atoms with E-state index < -0.39 is 0 Å². The lowest BCUT2D eigenvalue weighted by atomic mass is 10.1. The van der Waals surface area contributed by atoms with Gasteiger partial charge in [-0.25, -0.2) is 24.3 Å². The number of hydrogen-bond acceptors (Lipinski definition) is 7. The van der Waals surface area contributed by atoms with Crippen molar-refractivity contribution in [3.8, 4) is 11.1 Å². The minimum atomic E-state index is -0.384. The van der Waals surface area contributed by atoms with E-state index in [1.807, 2.05) is 13.8 Å². The van der Waals surface area contributed by atoms with E-state index in [0.717, 1.165) is 20.8 Å². The number of anilines is 2. The van der Waals surface area contributed by atoms with Crippen molar-refractivity contribution < 1.29 is 4.39 Å². The highest BCUT2D eigenvalue weighted by molar-refractivity contribution is 7.19. The van der Waals surface area contributed by atoms with Crippen LogP contribution in [0.1, 0.15) is 10.8 Å². The van der Waals surface area contributed by atoms with Crippen LogP contribution in [0.3, 0.4) is 0 Å². The topological polar surface area (TPSA) is 76.5 Å². The zero-order valence-corrected chi connectivity index (χ0v) is 14.3. The molecule has 0 fully saturated rings. The van der Waals surface area contributed by atoms with Crippen LogP contribution < -0.4 is 5.32 Å². The molecule has 124 valence electrons. The molecule has 4 aromatic rings. The molecule has 0 aromatic carbocycles. The van der Waals surface area contributed by atoms with Crippen LogP contribution in [0.2, 0.25) is 0 Å². The van der Waals surface area contributed by atoms with Crippen LogP contribution in [0.15, 0.2) is 36.9 Å². The van der Waals surface area contributed by atoms with Crippen LogP contribution in [-0.2, 0) is 0 Å². The summed E-state index contributed by atoms with van der Waals surface area (Å²) in [5.74, 6) is 1.53. The van der Waals surface area contributed by atoms with E-state index in [0.29, 0.717) is 23.0 Å². The van der Waals surface area contributed by atoms with Crippen molar-refractivity contribution in [1.29, 1.82) is 0 Å². The minimum absolute atomic E-state index is 0.384. The molecule has 0 spiro atoms. The lowest BCUT2D eigenvalue weighted by molar-refractivity contribution is 0.622. The van der Waals surface area contributed by atoms with Crippen molar-refractivity contribution in [3.63, 3.8) is 0 Å². The largest absolute Gasteiger partial charge is 0.323 e. The summed E-state index contributed by atoms with van der Waals surface area (Å²) >= 11 is 1.53. The molecular weight excluding hydrogens is 339 g/mol. The Balaban J connectivity index is 1.84. The Hall–Kier alpha value is -3.00. The van der Waals surface area contributed by atoms with Crippen LogP contribution in [0.5, 0.6) is 0 Å². The summed E-state index contributed by atoms with van der Waals surface area (Å²) in [5.41, 5.74) is 2.20. The molecule has 1 N–H and O–H groups in total. The Morgan fingerprint density at radius 1 is 1.08 bits per heavy atom. The van der Waals surface area contributed by atoms with Gasteiger partial charge in [0.1, 0.15) is 23.0 Å². The monoisotopic (exact) mass is 352 g/mol. The Morgan fingerprint density at radius 3 is 2.76 bits per heavy atom. The highest BCUT2D eigenvalue weighted by Gasteiger charge is 2.15. The summed E-state index contributed by atoms with van der Waals surface area (Å²) in [4.78, 5) is 21.4. The number of fused-ring (bicyclic) bond motifs is 1. The average molecular weight is 352 g/mol. The third-order valence-corrected chi connectivity index (χ3v) is 4.57. The number of halogens is 1. The molecule has 0 radical (unpaired) electrons. The fraction of sp³-hybridized carbons (Fsp3) is 0.118. The van der Waals surface area contributed by atoms with Gasteiger partial charge in [0.25, 0.3) is 0 Å². The first kappa shape index (κ1) is 15.5. The molecule has 0 atom stereocenters. The van der Waals surface area contributed by atoms with Crippen molar-refractivity contribution in [2.24, 2.45) is 0 Å². The summed E-state index contributed by atoms with van der Waals surface area (Å²) in [5, 5.41) is 4.08. The maximum absolute atomic E-state index is 13.5. The van der Waals surface area contributed by atoms with Gasteiger partial charge in [-0.05, 0) is 26.0 Å². The van der Waals surface area contributed by atoms with Crippen molar-refractivity contribution >= 4 is 33.2 Å². The SMILES string of the molecule is Cc1nccc(Nc2ncc(-c3cncc(F)c3)c3sc(C)nc23)n1. The second-order valence-electron chi connectivity index (χ2n) is 5.44. The van der Waals surface area contributed by atoms with Crippen LogP contribution in [0, 0.1) is 19.7 Å². The first-order chi connectivity index (χ1) is 12.1. The average Bonchev–Trinajstić information content (AvgIpc) is 2.97. The highest BCUT2D eigenvalue weighted by Crippen LogP contribution is 2.36. The van der Waals surface area contributed by atoms with E-state index in [1.54, 1.807) is 24.7 Å². The maximum Gasteiger partial charge on any atom is 0.159 e. The predicted octanol–water partition coefficient (Wildman–Crippen LogP) is 4.04. The molecule has 0 saturated carbocycles. The Labute approximate surface area is 146 Å². The molecule has 0 saturated heterocycles. The molecule has 8 heteroatoms. The zero-order valence-electron chi connectivity index (χ0n) is 13.5. The van der Waals surface area contributed by atoms with E-state index in [4.69, 9.17) is 0 Å².